The van der Waals surface area contributed by atoms with E-state index < -0.39 is 33.2 Å². The van der Waals surface area contributed by atoms with Crippen LogP contribution in [0.5, 0.6) is 0 Å². The first-order valence-corrected chi connectivity index (χ1v) is 7.07. The van der Waals surface area contributed by atoms with E-state index in [2.05, 4.69) is 5.32 Å². The Balaban J connectivity index is 2.42. The normalized spacial score (nSPS) is 11.4. The van der Waals surface area contributed by atoms with Crippen LogP contribution in [0, 0.1) is 17.5 Å². The Kier molecular flexibility index (Phi) is 3.79. The van der Waals surface area contributed by atoms with Gasteiger partial charge in [-0.05, 0) is 18.2 Å². The molecule has 112 valence electrons. The summed E-state index contributed by atoms with van der Waals surface area (Å²) in [6, 6.07) is 4.52. The highest BCUT2D eigenvalue weighted by Crippen LogP contribution is 2.28. The van der Waals surface area contributed by atoms with Crippen LogP contribution in [0.1, 0.15) is 0 Å². The SMILES string of the molecule is Nc1cc(S(N)(=O)=O)ccc1Nc1cc(F)cc(F)c1F. The third kappa shape index (κ3) is 3.26. The van der Waals surface area contributed by atoms with Crippen LogP contribution >= 0.6 is 0 Å². The topological polar surface area (TPSA) is 98.2 Å². The third-order valence-corrected chi connectivity index (χ3v) is 3.52. The third-order valence-electron chi connectivity index (χ3n) is 2.61. The number of hydrogen-bond acceptors (Lipinski definition) is 4. The molecule has 5 nitrogen and oxygen atoms in total. The lowest BCUT2D eigenvalue weighted by atomic mass is 10.2. The summed E-state index contributed by atoms with van der Waals surface area (Å²) in [5.41, 5.74) is 5.13. The largest absolute Gasteiger partial charge is 0.397 e. The number of primary sulfonamides is 1. The number of nitrogen functional groups attached to an aromatic ring is 1. The van der Waals surface area contributed by atoms with Gasteiger partial charge in [-0.25, -0.2) is 26.7 Å². The van der Waals surface area contributed by atoms with E-state index in [1.54, 1.807) is 0 Å². The summed E-state index contributed by atoms with van der Waals surface area (Å²) in [4.78, 5) is -0.239. The quantitative estimate of drug-likeness (QED) is 0.596. The van der Waals surface area contributed by atoms with Crippen molar-refractivity contribution in [2.24, 2.45) is 5.14 Å². The lowest BCUT2D eigenvalue weighted by molar-refractivity contribution is 0.498. The summed E-state index contributed by atoms with van der Waals surface area (Å²) >= 11 is 0. The van der Waals surface area contributed by atoms with Crippen molar-refractivity contribution in [3.8, 4) is 0 Å². The van der Waals surface area contributed by atoms with E-state index in [1.165, 1.54) is 6.07 Å². The lowest BCUT2D eigenvalue weighted by Crippen LogP contribution is -2.12. The maximum atomic E-state index is 13.5. The summed E-state index contributed by atoms with van der Waals surface area (Å²) < 4.78 is 61.9. The molecule has 2 aromatic rings. The van der Waals surface area contributed by atoms with Gasteiger partial charge in [0.1, 0.15) is 5.82 Å². The fraction of sp³-hybridized carbons (Fsp3) is 0. The van der Waals surface area contributed by atoms with Crippen LogP contribution in [0.15, 0.2) is 35.2 Å². The zero-order valence-corrected chi connectivity index (χ0v) is 11.2. The Hall–Kier alpha value is -2.26. The van der Waals surface area contributed by atoms with E-state index in [9.17, 15) is 21.6 Å². The van der Waals surface area contributed by atoms with Gasteiger partial charge < -0.3 is 11.1 Å². The summed E-state index contributed by atoms with van der Waals surface area (Å²) in [6.45, 7) is 0. The first kappa shape index (κ1) is 15.1. The number of rotatable bonds is 3. The molecular weight excluding hydrogens is 307 g/mol. The van der Waals surface area contributed by atoms with Crippen LogP contribution in [-0.4, -0.2) is 8.42 Å². The van der Waals surface area contributed by atoms with Crippen molar-refractivity contribution in [2.75, 3.05) is 11.1 Å². The summed E-state index contributed by atoms with van der Waals surface area (Å²) in [6.07, 6.45) is 0. The molecule has 0 saturated heterocycles. The smallest absolute Gasteiger partial charge is 0.238 e. The van der Waals surface area contributed by atoms with E-state index in [4.69, 9.17) is 10.9 Å². The first-order chi connectivity index (χ1) is 9.68. The second-order valence-corrected chi connectivity index (χ2v) is 5.73. The molecule has 0 aliphatic rings. The minimum Gasteiger partial charge on any atom is -0.397 e. The van der Waals surface area contributed by atoms with Crippen molar-refractivity contribution in [2.45, 2.75) is 4.90 Å². The minimum absolute atomic E-state index is 0.0753. The van der Waals surface area contributed by atoms with Crippen LogP contribution < -0.4 is 16.2 Å². The van der Waals surface area contributed by atoms with Gasteiger partial charge in [-0.2, -0.15) is 0 Å². The van der Waals surface area contributed by atoms with Crippen molar-refractivity contribution >= 4 is 27.1 Å². The Morgan fingerprint density at radius 3 is 2.24 bits per heavy atom. The number of nitrogens with one attached hydrogen (secondary N) is 1. The Morgan fingerprint density at radius 1 is 1.00 bits per heavy atom. The molecule has 21 heavy (non-hydrogen) atoms. The molecule has 0 amide bonds. The maximum absolute atomic E-state index is 13.5. The number of hydrogen-bond donors (Lipinski definition) is 3. The lowest BCUT2D eigenvalue weighted by Gasteiger charge is -2.11. The maximum Gasteiger partial charge on any atom is 0.238 e. The summed E-state index contributed by atoms with van der Waals surface area (Å²) in [5.74, 6) is -3.63. The van der Waals surface area contributed by atoms with Gasteiger partial charge in [-0.3, -0.25) is 0 Å². The molecular formula is C12H10F3N3O2S. The highest BCUT2D eigenvalue weighted by atomic mass is 32.2. The predicted octanol–water partition coefficient (Wildman–Crippen LogP) is 2.08. The molecule has 0 fully saturated rings. The predicted molar refractivity (Wildman–Crippen MR) is 71.8 cm³/mol. The minimum atomic E-state index is -3.94. The van der Waals surface area contributed by atoms with E-state index >= 15 is 0 Å². The Labute approximate surface area is 118 Å². The molecule has 9 heteroatoms. The van der Waals surface area contributed by atoms with Gasteiger partial charge in [-0.15, -0.1) is 0 Å². The molecule has 5 N–H and O–H groups in total. The molecule has 0 atom stereocenters. The number of benzene rings is 2. The first-order valence-electron chi connectivity index (χ1n) is 5.52. The Bertz CT molecular complexity index is 810. The van der Waals surface area contributed by atoms with Crippen LogP contribution in [0.4, 0.5) is 30.2 Å². The van der Waals surface area contributed by atoms with E-state index in [1.807, 2.05) is 0 Å². The summed E-state index contributed by atoms with van der Waals surface area (Å²) in [5, 5.41) is 7.31. The molecule has 0 spiro atoms. The Morgan fingerprint density at radius 2 is 1.67 bits per heavy atom. The van der Waals surface area contributed by atoms with E-state index in [0.717, 1.165) is 18.2 Å². The van der Waals surface area contributed by atoms with E-state index in [0.29, 0.717) is 6.07 Å². The van der Waals surface area contributed by atoms with Gasteiger partial charge in [0.25, 0.3) is 0 Å². The fourth-order valence-electron chi connectivity index (χ4n) is 1.62. The van der Waals surface area contributed by atoms with Crippen LogP contribution in [0.2, 0.25) is 0 Å². The molecule has 2 rings (SSSR count). The molecule has 2 aromatic carbocycles. The molecule has 0 bridgehead atoms. The van der Waals surface area contributed by atoms with Gasteiger partial charge in [0.05, 0.1) is 22.0 Å². The molecule has 0 heterocycles. The molecule has 0 radical (unpaired) electrons. The number of anilines is 3. The van der Waals surface area contributed by atoms with Gasteiger partial charge in [0, 0.05) is 12.1 Å². The standard InChI is InChI=1S/C12H10F3N3O2S/c13-6-3-8(14)12(15)11(4-6)18-10-2-1-7(5-9(10)16)21(17,19)20/h1-5,18H,16H2,(H2,17,19,20). The number of nitrogens with two attached hydrogens (primary N) is 2. The van der Waals surface area contributed by atoms with Gasteiger partial charge in [-0.1, -0.05) is 0 Å². The van der Waals surface area contributed by atoms with Gasteiger partial charge in [0.2, 0.25) is 10.0 Å². The van der Waals surface area contributed by atoms with Crippen LogP contribution in [0.3, 0.4) is 0 Å². The average Bonchev–Trinajstić information content (AvgIpc) is 2.36. The highest BCUT2D eigenvalue weighted by molar-refractivity contribution is 7.89. The zero-order chi connectivity index (χ0) is 15.8. The van der Waals surface area contributed by atoms with Crippen molar-refractivity contribution in [3.63, 3.8) is 0 Å². The molecule has 0 unspecified atom stereocenters. The zero-order valence-electron chi connectivity index (χ0n) is 10.4. The molecule has 0 aliphatic carbocycles. The second-order valence-electron chi connectivity index (χ2n) is 4.17. The van der Waals surface area contributed by atoms with Crippen molar-refractivity contribution in [3.05, 3.63) is 47.8 Å². The number of sulfonamides is 1. The van der Waals surface area contributed by atoms with Gasteiger partial charge >= 0.3 is 0 Å². The van der Waals surface area contributed by atoms with Crippen molar-refractivity contribution in [1.82, 2.24) is 0 Å². The van der Waals surface area contributed by atoms with Crippen LogP contribution in [0.25, 0.3) is 0 Å². The average molecular weight is 317 g/mol. The second kappa shape index (κ2) is 5.26. The van der Waals surface area contributed by atoms with E-state index in [-0.39, 0.29) is 16.3 Å². The van der Waals surface area contributed by atoms with Crippen molar-refractivity contribution in [1.29, 1.82) is 0 Å². The monoisotopic (exact) mass is 317 g/mol. The summed E-state index contributed by atoms with van der Waals surface area (Å²) in [7, 11) is -3.94. The number of halogens is 3. The van der Waals surface area contributed by atoms with Gasteiger partial charge in [0.15, 0.2) is 11.6 Å². The fourth-order valence-corrected chi connectivity index (χ4v) is 2.17. The molecule has 0 aromatic heterocycles. The molecule has 0 aliphatic heterocycles. The highest BCUT2D eigenvalue weighted by Gasteiger charge is 2.14. The molecule has 0 saturated carbocycles. The van der Waals surface area contributed by atoms with Crippen LogP contribution in [-0.2, 0) is 10.0 Å². The van der Waals surface area contributed by atoms with Crippen molar-refractivity contribution < 1.29 is 21.6 Å².